The highest BCUT2D eigenvalue weighted by molar-refractivity contribution is 14.1. The highest BCUT2D eigenvalue weighted by Gasteiger charge is 2.36. The zero-order chi connectivity index (χ0) is 17.3. The molecule has 1 aliphatic carbocycles. The third kappa shape index (κ3) is 3.88. The average molecular weight is 466 g/mol. The molecule has 0 bridgehead atoms. The molecule has 2 aliphatic rings. The Balaban J connectivity index is 1.64. The van der Waals surface area contributed by atoms with Gasteiger partial charge in [0.05, 0.1) is 5.25 Å². The van der Waals surface area contributed by atoms with E-state index in [0.29, 0.717) is 13.1 Å². The first-order valence-corrected chi connectivity index (χ1v) is 11.1. The van der Waals surface area contributed by atoms with Gasteiger partial charge in [-0.1, -0.05) is 12.8 Å². The molecule has 7 heteroatoms. The molecule has 1 heterocycles. The van der Waals surface area contributed by atoms with Gasteiger partial charge in [-0.15, -0.1) is 0 Å². The van der Waals surface area contributed by atoms with Crippen LogP contribution >= 0.6 is 22.6 Å². The molecule has 4 nitrogen and oxygen atoms in total. The van der Waals surface area contributed by atoms with Crippen LogP contribution in [0.2, 0.25) is 0 Å². The van der Waals surface area contributed by atoms with Gasteiger partial charge in [-0.25, -0.2) is 17.1 Å². The fourth-order valence-corrected chi connectivity index (χ4v) is 6.52. The lowest BCUT2D eigenvalue weighted by atomic mass is 10.0. The second-order valence-corrected chi connectivity index (χ2v) is 10.3. The van der Waals surface area contributed by atoms with Gasteiger partial charge in [-0.05, 0) is 66.5 Å². The van der Waals surface area contributed by atoms with Crippen molar-refractivity contribution in [2.75, 3.05) is 25.0 Å². The van der Waals surface area contributed by atoms with Crippen molar-refractivity contribution in [2.45, 2.75) is 49.8 Å². The second-order valence-electron chi connectivity index (χ2n) is 6.82. The normalized spacial score (nSPS) is 21.3. The minimum atomic E-state index is -3.14. The summed E-state index contributed by atoms with van der Waals surface area (Å²) in [6, 6.07) is 5.27. The first-order valence-electron chi connectivity index (χ1n) is 8.56. The number of halogens is 2. The maximum absolute atomic E-state index is 13.6. The first-order chi connectivity index (χ1) is 11.4. The van der Waals surface area contributed by atoms with Crippen LogP contribution in [0.15, 0.2) is 18.2 Å². The van der Waals surface area contributed by atoms with Crippen LogP contribution in [0.1, 0.15) is 38.5 Å². The largest absolute Gasteiger partial charge is 0.371 e. The molecule has 1 saturated carbocycles. The van der Waals surface area contributed by atoms with E-state index in [4.69, 9.17) is 0 Å². The van der Waals surface area contributed by atoms with Crippen molar-refractivity contribution >= 4 is 38.3 Å². The van der Waals surface area contributed by atoms with E-state index < -0.39 is 10.0 Å². The smallest absolute Gasteiger partial charge is 0.216 e. The van der Waals surface area contributed by atoms with Gasteiger partial charge in [0.1, 0.15) is 5.82 Å². The van der Waals surface area contributed by atoms with E-state index in [2.05, 4.69) is 27.5 Å². The molecule has 0 N–H and O–H groups in total. The predicted octanol–water partition coefficient (Wildman–Crippen LogP) is 3.60. The number of nitrogens with zero attached hydrogens (tertiary/aromatic N) is 2. The third-order valence-electron chi connectivity index (χ3n) is 5.31. The topological polar surface area (TPSA) is 40.6 Å². The fraction of sp³-hybridized carbons (Fsp3) is 0.647. The van der Waals surface area contributed by atoms with Crippen LogP contribution in [0.4, 0.5) is 10.1 Å². The molecule has 0 radical (unpaired) electrons. The summed E-state index contributed by atoms with van der Waals surface area (Å²) in [6.07, 6.45) is 5.25. The van der Waals surface area contributed by atoms with Crippen molar-refractivity contribution in [1.82, 2.24) is 4.31 Å². The standard InChI is InChI=1S/C17H24FIN2O2S/c1-20(16-11-13(18)10-14(19)12-16)15-6-8-21(9-7-15)24(22,23)17-4-2-3-5-17/h10-12,15,17H,2-9H2,1H3. The van der Waals surface area contributed by atoms with Crippen molar-refractivity contribution in [3.8, 4) is 0 Å². The van der Waals surface area contributed by atoms with Crippen LogP contribution < -0.4 is 4.90 Å². The van der Waals surface area contributed by atoms with Crippen molar-refractivity contribution in [2.24, 2.45) is 0 Å². The Bertz CT molecular complexity index is 664. The Morgan fingerprint density at radius 3 is 2.33 bits per heavy atom. The van der Waals surface area contributed by atoms with E-state index in [-0.39, 0.29) is 17.1 Å². The first kappa shape index (κ1) is 18.4. The number of anilines is 1. The molecule has 0 unspecified atom stereocenters. The molecular weight excluding hydrogens is 442 g/mol. The lowest BCUT2D eigenvalue weighted by Crippen LogP contribution is -2.47. The number of benzene rings is 1. The molecule has 0 amide bonds. The fourth-order valence-electron chi connectivity index (χ4n) is 3.83. The summed E-state index contributed by atoms with van der Waals surface area (Å²) in [6.45, 7) is 1.14. The SMILES string of the molecule is CN(c1cc(F)cc(I)c1)C1CCN(S(=O)(=O)C2CCCC2)CC1. The van der Waals surface area contributed by atoms with E-state index in [0.717, 1.165) is 47.8 Å². The summed E-state index contributed by atoms with van der Waals surface area (Å²) in [5.41, 5.74) is 0.858. The number of piperidine rings is 1. The third-order valence-corrected chi connectivity index (χ3v) is 8.33. The Labute approximate surface area is 157 Å². The highest BCUT2D eigenvalue weighted by atomic mass is 127. The molecular formula is C17H24FIN2O2S. The number of hydrogen-bond donors (Lipinski definition) is 0. The van der Waals surface area contributed by atoms with Crippen LogP contribution in [-0.4, -0.2) is 44.2 Å². The van der Waals surface area contributed by atoms with Crippen LogP contribution in [0.3, 0.4) is 0 Å². The quantitative estimate of drug-likeness (QED) is 0.637. The maximum Gasteiger partial charge on any atom is 0.216 e. The summed E-state index contributed by atoms with van der Waals surface area (Å²) >= 11 is 2.12. The van der Waals surface area contributed by atoms with E-state index in [9.17, 15) is 12.8 Å². The number of hydrogen-bond acceptors (Lipinski definition) is 3. The minimum Gasteiger partial charge on any atom is -0.371 e. The molecule has 1 aromatic carbocycles. The summed E-state index contributed by atoms with van der Waals surface area (Å²) in [7, 11) is -1.17. The molecule has 3 rings (SSSR count). The molecule has 2 fully saturated rings. The van der Waals surface area contributed by atoms with Crippen LogP contribution in [0.5, 0.6) is 0 Å². The average Bonchev–Trinajstić information content (AvgIpc) is 3.08. The lowest BCUT2D eigenvalue weighted by Gasteiger charge is -2.38. The van der Waals surface area contributed by atoms with Crippen molar-refractivity contribution < 1.29 is 12.8 Å². The summed E-state index contributed by atoms with van der Waals surface area (Å²) < 4.78 is 41.6. The molecule has 1 aliphatic heterocycles. The Kier molecular flexibility index (Phi) is 5.71. The predicted molar refractivity (Wildman–Crippen MR) is 103 cm³/mol. The maximum atomic E-state index is 13.6. The van der Waals surface area contributed by atoms with Gasteiger partial charge < -0.3 is 4.90 Å². The molecule has 134 valence electrons. The monoisotopic (exact) mass is 466 g/mol. The van der Waals surface area contributed by atoms with E-state index in [1.54, 1.807) is 10.4 Å². The van der Waals surface area contributed by atoms with Gasteiger partial charge in [0.2, 0.25) is 10.0 Å². The van der Waals surface area contributed by atoms with Crippen molar-refractivity contribution in [1.29, 1.82) is 0 Å². The molecule has 1 aromatic rings. The molecule has 24 heavy (non-hydrogen) atoms. The zero-order valence-electron chi connectivity index (χ0n) is 13.9. The summed E-state index contributed by atoms with van der Waals surface area (Å²) in [4.78, 5) is 2.09. The molecule has 0 aromatic heterocycles. The number of rotatable bonds is 4. The van der Waals surface area contributed by atoms with E-state index in [1.165, 1.54) is 6.07 Å². The van der Waals surface area contributed by atoms with Crippen molar-refractivity contribution in [3.63, 3.8) is 0 Å². The van der Waals surface area contributed by atoms with Gasteiger partial charge in [0, 0.05) is 35.4 Å². The van der Waals surface area contributed by atoms with Crippen LogP contribution in [0, 0.1) is 9.39 Å². The number of sulfonamides is 1. The van der Waals surface area contributed by atoms with Crippen molar-refractivity contribution in [3.05, 3.63) is 27.6 Å². The lowest BCUT2D eigenvalue weighted by molar-refractivity contribution is 0.311. The summed E-state index contributed by atoms with van der Waals surface area (Å²) in [5, 5.41) is -0.170. The van der Waals surface area contributed by atoms with Gasteiger partial charge in [0.15, 0.2) is 0 Å². The Hall–Kier alpha value is -0.410. The Morgan fingerprint density at radius 2 is 1.75 bits per heavy atom. The zero-order valence-corrected chi connectivity index (χ0v) is 16.9. The van der Waals surface area contributed by atoms with Gasteiger partial charge in [-0.2, -0.15) is 0 Å². The molecule has 0 atom stereocenters. The molecule has 1 saturated heterocycles. The second kappa shape index (κ2) is 7.45. The highest BCUT2D eigenvalue weighted by Crippen LogP contribution is 2.30. The van der Waals surface area contributed by atoms with E-state index >= 15 is 0 Å². The Morgan fingerprint density at radius 1 is 1.12 bits per heavy atom. The van der Waals surface area contributed by atoms with Crippen LogP contribution in [0.25, 0.3) is 0 Å². The van der Waals surface area contributed by atoms with Crippen LogP contribution in [-0.2, 0) is 10.0 Å². The van der Waals surface area contributed by atoms with Gasteiger partial charge in [0.25, 0.3) is 0 Å². The van der Waals surface area contributed by atoms with Gasteiger partial charge in [-0.3, -0.25) is 0 Å². The molecule has 0 spiro atoms. The van der Waals surface area contributed by atoms with E-state index in [1.807, 2.05) is 13.1 Å². The minimum absolute atomic E-state index is 0.170. The van der Waals surface area contributed by atoms with Gasteiger partial charge >= 0.3 is 0 Å². The summed E-state index contributed by atoms with van der Waals surface area (Å²) in [5.74, 6) is -0.231.